The molecule has 5 heteroatoms. The van der Waals surface area contributed by atoms with Crippen LogP contribution in [0, 0.1) is 5.92 Å². The molecule has 1 unspecified atom stereocenters. The van der Waals surface area contributed by atoms with Gasteiger partial charge in [0.1, 0.15) is 0 Å². The second-order valence-electron chi connectivity index (χ2n) is 4.89. The van der Waals surface area contributed by atoms with Gasteiger partial charge in [0, 0.05) is 23.1 Å². The van der Waals surface area contributed by atoms with Crippen LogP contribution in [0.1, 0.15) is 32.3 Å². The lowest BCUT2D eigenvalue weighted by molar-refractivity contribution is 0.101. The second-order valence-corrected chi connectivity index (χ2v) is 5.81. The summed E-state index contributed by atoms with van der Waals surface area (Å²) >= 11 is 3.39. The fourth-order valence-electron chi connectivity index (χ4n) is 2.27. The number of halogens is 1. The molecule has 114 valence electrons. The number of aliphatic hydroxyl groups is 1. The summed E-state index contributed by atoms with van der Waals surface area (Å²) in [5, 5.41) is 23.3. The molecular weight excluding hydrogens is 322 g/mol. The van der Waals surface area contributed by atoms with Crippen LogP contribution in [0.4, 0.5) is 0 Å². The van der Waals surface area contributed by atoms with Crippen molar-refractivity contribution >= 4 is 15.9 Å². The van der Waals surface area contributed by atoms with Gasteiger partial charge in [0.2, 0.25) is 0 Å². The summed E-state index contributed by atoms with van der Waals surface area (Å²) < 4.78 is 5.96. The van der Waals surface area contributed by atoms with Crippen LogP contribution in [0.5, 0.6) is 11.5 Å². The van der Waals surface area contributed by atoms with Gasteiger partial charge in [0.05, 0.1) is 13.2 Å². The predicted octanol–water partition coefficient (Wildman–Crippen LogP) is 3.05. The first-order valence-corrected chi connectivity index (χ1v) is 7.76. The van der Waals surface area contributed by atoms with Crippen molar-refractivity contribution in [2.24, 2.45) is 5.92 Å². The topological polar surface area (TPSA) is 61.7 Å². The molecule has 20 heavy (non-hydrogen) atoms. The van der Waals surface area contributed by atoms with Gasteiger partial charge in [-0.3, -0.25) is 0 Å². The molecule has 4 nitrogen and oxygen atoms in total. The largest absolute Gasteiger partial charge is 0.504 e. The molecule has 0 aliphatic rings. The first-order chi connectivity index (χ1) is 9.53. The molecule has 1 rings (SSSR count). The smallest absolute Gasteiger partial charge is 0.162 e. The summed E-state index contributed by atoms with van der Waals surface area (Å²) in [7, 11) is 1.52. The van der Waals surface area contributed by atoms with E-state index in [-0.39, 0.29) is 11.9 Å². The lowest BCUT2D eigenvalue weighted by atomic mass is 9.96. The van der Waals surface area contributed by atoms with E-state index in [1.807, 2.05) is 6.07 Å². The summed E-state index contributed by atoms with van der Waals surface area (Å²) in [4.78, 5) is 0. The quantitative estimate of drug-likeness (QED) is 0.677. The summed E-state index contributed by atoms with van der Waals surface area (Å²) in [5.41, 5.74) is 0.743. The number of hydrogen-bond acceptors (Lipinski definition) is 4. The first kappa shape index (κ1) is 17.3. The highest BCUT2D eigenvalue weighted by Gasteiger charge is 2.15. The Labute approximate surface area is 129 Å². The third-order valence-corrected chi connectivity index (χ3v) is 4.06. The van der Waals surface area contributed by atoms with Crippen molar-refractivity contribution in [3.05, 3.63) is 22.2 Å². The third kappa shape index (κ3) is 4.65. The number of aromatic hydroxyl groups is 1. The number of rotatable bonds is 8. The van der Waals surface area contributed by atoms with Gasteiger partial charge >= 0.3 is 0 Å². The Morgan fingerprint density at radius 1 is 1.30 bits per heavy atom. The average molecular weight is 346 g/mol. The Kier molecular flexibility index (Phi) is 7.34. The predicted molar refractivity (Wildman–Crippen MR) is 84.1 cm³/mol. The van der Waals surface area contributed by atoms with Crippen LogP contribution in [0.25, 0.3) is 0 Å². The Bertz CT molecular complexity index is 422. The van der Waals surface area contributed by atoms with Gasteiger partial charge in [-0.15, -0.1) is 0 Å². The Morgan fingerprint density at radius 3 is 2.50 bits per heavy atom. The van der Waals surface area contributed by atoms with Crippen molar-refractivity contribution in [2.45, 2.75) is 39.3 Å². The van der Waals surface area contributed by atoms with E-state index < -0.39 is 0 Å². The highest BCUT2D eigenvalue weighted by atomic mass is 79.9. The maximum Gasteiger partial charge on any atom is 0.162 e. The minimum Gasteiger partial charge on any atom is -0.504 e. The number of phenols is 1. The molecule has 0 fully saturated rings. The van der Waals surface area contributed by atoms with Gasteiger partial charge in [0.25, 0.3) is 0 Å². The Hall–Kier alpha value is -0.780. The number of benzene rings is 1. The monoisotopic (exact) mass is 345 g/mol. The fraction of sp³-hybridized carbons (Fsp3) is 0.600. The molecule has 0 aliphatic heterocycles. The zero-order valence-electron chi connectivity index (χ0n) is 12.3. The van der Waals surface area contributed by atoms with Crippen molar-refractivity contribution in [2.75, 3.05) is 13.7 Å². The highest BCUT2D eigenvalue weighted by molar-refractivity contribution is 9.10. The number of nitrogens with one attached hydrogen (secondary N) is 1. The number of ether oxygens (including phenoxy) is 1. The van der Waals surface area contributed by atoms with E-state index >= 15 is 0 Å². The zero-order valence-corrected chi connectivity index (χ0v) is 13.9. The van der Waals surface area contributed by atoms with Crippen LogP contribution in [-0.2, 0) is 6.54 Å². The van der Waals surface area contributed by atoms with Gasteiger partial charge < -0.3 is 20.3 Å². The summed E-state index contributed by atoms with van der Waals surface area (Å²) in [6, 6.07) is 3.56. The lowest BCUT2D eigenvalue weighted by Crippen LogP contribution is -2.32. The molecule has 0 aliphatic carbocycles. The van der Waals surface area contributed by atoms with E-state index in [9.17, 15) is 10.2 Å². The van der Waals surface area contributed by atoms with E-state index in [0.29, 0.717) is 24.8 Å². The van der Waals surface area contributed by atoms with Crippen molar-refractivity contribution < 1.29 is 14.9 Å². The number of methoxy groups -OCH3 is 1. The minimum atomic E-state index is -0.360. The lowest BCUT2D eigenvalue weighted by Gasteiger charge is -2.20. The molecular formula is C15H24BrNO3. The van der Waals surface area contributed by atoms with E-state index in [0.717, 1.165) is 22.9 Å². The zero-order chi connectivity index (χ0) is 15.1. The van der Waals surface area contributed by atoms with Crippen LogP contribution in [-0.4, -0.2) is 30.0 Å². The van der Waals surface area contributed by atoms with Gasteiger partial charge in [-0.25, -0.2) is 0 Å². The van der Waals surface area contributed by atoms with E-state index in [4.69, 9.17) is 4.74 Å². The maximum absolute atomic E-state index is 10.1. The van der Waals surface area contributed by atoms with Crippen LogP contribution >= 0.6 is 15.9 Å². The molecule has 0 saturated heterocycles. The fourth-order valence-corrected chi connectivity index (χ4v) is 2.76. The van der Waals surface area contributed by atoms with E-state index in [1.54, 1.807) is 6.07 Å². The van der Waals surface area contributed by atoms with Crippen molar-refractivity contribution in [3.8, 4) is 11.5 Å². The normalized spacial score (nSPS) is 12.7. The molecule has 0 spiro atoms. The summed E-state index contributed by atoms with van der Waals surface area (Å²) in [6.07, 6.45) is 1.58. The maximum atomic E-state index is 10.1. The average Bonchev–Trinajstić information content (AvgIpc) is 2.43. The number of phenolic OH excluding ortho intramolecular Hbond substituents is 1. The third-order valence-electron chi connectivity index (χ3n) is 3.60. The molecule has 1 atom stereocenters. The van der Waals surface area contributed by atoms with Crippen LogP contribution in [0.3, 0.4) is 0 Å². The van der Waals surface area contributed by atoms with Gasteiger partial charge in [-0.05, 0) is 18.1 Å². The molecule has 0 saturated carbocycles. The molecule has 1 aromatic rings. The molecule has 1 aromatic carbocycles. The summed E-state index contributed by atoms with van der Waals surface area (Å²) in [5.74, 6) is 0.894. The van der Waals surface area contributed by atoms with Crippen LogP contribution < -0.4 is 10.1 Å². The SMILES string of the molecule is CCC(CC)C(O)CNCc1cc(Br)cc(OC)c1O. The molecule has 0 bridgehead atoms. The molecule has 0 heterocycles. The standard InChI is InChI=1S/C15H24BrNO3/c1-4-10(5-2)13(18)9-17-8-11-6-12(16)7-14(20-3)15(11)19/h6-7,10,13,17-19H,4-5,8-9H2,1-3H3. The van der Waals surface area contributed by atoms with Crippen LogP contribution in [0.2, 0.25) is 0 Å². The molecule has 3 N–H and O–H groups in total. The van der Waals surface area contributed by atoms with Gasteiger partial charge in [0.15, 0.2) is 11.5 Å². The van der Waals surface area contributed by atoms with Gasteiger partial charge in [-0.2, -0.15) is 0 Å². The summed E-state index contributed by atoms with van der Waals surface area (Å²) in [6.45, 7) is 5.17. The van der Waals surface area contributed by atoms with Gasteiger partial charge in [-0.1, -0.05) is 42.6 Å². The first-order valence-electron chi connectivity index (χ1n) is 6.97. The van der Waals surface area contributed by atoms with Crippen molar-refractivity contribution in [3.63, 3.8) is 0 Å². The van der Waals surface area contributed by atoms with Crippen LogP contribution in [0.15, 0.2) is 16.6 Å². The Morgan fingerprint density at radius 2 is 1.95 bits per heavy atom. The minimum absolute atomic E-state index is 0.139. The second kappa shape index (κ2) is 8.49. The number of hydrogen-bond donors (Lipinski definition) is 3. The van der Waals surface area contributed by atoms with Crippen molar-refractivity contribution in [1.29, 1.82) is 0 Å². The molecule has 0 aromatic heterocycles. The van der Waals surface area contributed by atoms with E-state index in [2.05, 4.69) is 35.1 Å². The number of aliphatic hydroxyl groups excluding tert-OH is 1. The van der Waals surface area contributed by atoms with Crippen molar-refractivity contribution in [1.82, 2.24) is 5.32 Å². The highest BCUT2D eigenvalue weighted by Crippen LogP contribution is 2.33. The molecule has 0 amide bonds. The Balaban J connectivity index is 2.60. The molecule has 0 radical (unpaired) electrons. The van der Waals surface area contributed by atoms with E-state index in [1.165, 1.54) is 7.11 Å².